The summed E-state index contributed by atoms with van der Waals surface area (Å²) in [6.45, 7) is 7.65. The summed E-state index contributed by atoms with van der Waals surface area (Å²) in [6.07, 6.45) is 35.6. The maximum Gasteiger partial charge on any atom is 0.306 e. The van der Waals surface area contributed by atoms with E-state index in [4.69, 9.17) is 18.5 Å². The number of carbonyl (C=O) groups excluding carboxylic acids is 1. The molecular weight excluding hydrogens is 673 g/mol. The predicted octanol–water partition coefficient (Wildman–Crippen LogP) is 12.1. The molecule has 0 amide bonds. The molecule has 0 rings (SSSR count). The number of rotatable bonds is 41. The minimum atomic E-state index is -4.52. The van der Waals surface area contributed by atoms with Crippen molar-refractivity contribution in [1.29, 1.82) is 0 Å². The van der Waals surface area contributed by atoms with Crippen molar-refractivity contribution in [3.63, 3.8) is 0 Å². The molecule has 9 heteroatoms. The van der Waals surface area contributed by atoms with Gasteiger partial charge >= 0.3 is 5.97 Å². The van der Waals surface area contributed by atoms with Gasteiger partial charge in [0.1, 0.15) is 19.3 Å². The Balaban J connectivity index is 4.31. The lowest BCUT2D eigenvalue weighted by Gasteiger charge is -2.28. The van der Waals surface area contributed by atoms with Crippen LogP contribution in [0.25, 0.3) is 0 Å². The van der Waals surface area contributed by atoms with Crippen molar-refractivity contribution in [3.05, 3.63) is 0 Å². The summed E-state index contributed by atoms with van der Waals surface area (Å²) < 4.78 is 34.7. The third-order valence-electron chi connectivity index (χ3n) is 10.1. The van der Waals surface area contributed by atoms with Crippen molar-refractivity contribution in [2.45, 2.75) is 213 Å². The maximum absolute atomic E-state index is 12.8. The van der Waals surface area contributed by atoms with Gasteiger partial charge in [-0.25, -0.2) is 0 Å². The van der Waals surface area contributed by atoms with Crippen molar-refractivity contribution in [1.82, 2.24) is 0 Å². The van der Waals surface area contributed by atoms with Gasteiger partial charge in [0.15, 0.2) is 0 Å². The highest BCUT2D eigenvalue weighted by Gasteiger charge is 2.21. The van der Waals surface area contributed by atoms with E-state index in [0.29, 0.717) is 30.0 Å². The average molecular weight is 762 g/mol. The number of esters is 1. The van der Waals surface area contributed by atoms with E-state index >= 15 is 0 Å². The summed E-state index contributed by atoms with van der Waals surface area (Å²) in [5.41, 5.74) is 0. The van der Waals surface area contributed by atoms with Gasteiger partial charge in [0.2, 0.25) is 0 Å². The van der Waals surface area contributed by atoms with Crippen LogP contribution in [0.2, 0.25) is 0 Å². The number of quaternary nitrogens is 1. The third kappa shape index (κ3) is 39.2. The molecule has 0 N–H and O–H groups in total. The Morgan fingerprint density at radius 1 is 0.577 bits per heavy atom. The lowest BCUT2D eigenvalue weighted by atomic mass is 9.97. The van der Waals surface area contributed by atoms with Gasteiger partial charge in [0, 0.05) is 13.0 Å². The average Bonchev–Trinajstić information content (AvgIpc) is 3.09. The number of unbranched alkanes of at least 4 members (excludes halogenated alkanes) is 24. The first-order valence-electron chi connectivity index (χ1n) is 22.2. The van der Waals surface area contributed by atoms with Crippen LogP contribution in [-0.4, -0.2) is 70.7 Å². The van der Waals surface area contributed by atoms with E-state index in [9.17, 15) is 14.3 Å². The zero-order chi connectivity index (χ0) is 38.6. The minimum Gasteiger partial charge on any atom is -0.756 e. The fraction of sp³-hybridized carbons (Fsp3) is 0.977. The molecule has 52 heavy (non-hydrogen) atoms. The Morgan fingerprint density at radius 3 is 1.44 bits per heavy atom. The molecule has 0 aromatic heterocycles. The van der Waals surface area contributed by atoms with Crippen molar-refractivity contribution in [3.8, 4) is 0 Å². The molecule has 0 radical (unpaired) electrons. The van der Waals surface area contributed by atoms with Crippen molar-refractivity contribution in [2.24, 2.45) is 5.92 Å². The largest absolute Gasteiger partial charge is 0.756 e. The minimum absolute atomic E-state index is 0.0292. The Hall–Kier alpha value is -0.500. The molecule has 0 bridgehead atoms. The number of hydrogen-bond donors (Lipinski definition) is 0. The summed E-state index contributed by atoms with van der Waals surface area (Å²) in [5.74, 6) is 0.111. The van der Waals surface area contributed by atoms with E-state index in [1.165, 1.54) is 154 Å². The van der Waals surface area contributed by atoms with Crippen LogP contribution >= 0.6 is 7.82 Å². The van der Waals surface area contributed by atoms with Crippen LogP contribution < -0.4 is 4.89 Å². The number of nitrogens with zero attached hydrogens (tertiary/aromatic N) is 1. The highest BCUT2D eigenvalue weighted by Crippen LogP contribution is 2.38. The van der Waals surface area contributed by atoms with E-state index in [-0.39, 0.29) is 25.8 Å². The quantitative estimate of drug-likeness (QED) is 0.0265. The van der Waals surface area contributed by atoms with E-state index in [0.717, 1.165) is 25.7 Å². The summed E-state index contributed by atoms with van der Waals surface area (Å²) >= 11 is 0. The van der Waals surface area contributed by atoms with E-state index in [2.05, 4.69) is 20.8 Å². The van der Waals surface area contributed by atoms with Crippen LogP contribution in [0.1, 0.15) is 207 Å². The second kappa shape index (κ2) is 36.2. The van der Waals surface area contributed by atoms with Crippen LogP contribution in [0.5, 0.6) is 0 Å². The second-order valence-electron chi connectivity index (χ2n) is 16.7. The molecule has 3 atom stereocenters. The van der Waals surface area contributed by atoms with Gasteiger partial charge in [0.05, 0.1) is 34.4 Å². The van der Waals surface area contributed by atoms with Crippen molar-refractivity contribution >= 4 is 13.8 Å². The zero-order valence-electron chi connectivity index (χ0n) is 35.4. The first-order chi connectivity index (χ1) is 25.0. The molecular formula is C43H88NO7P. The van der Waals surface area contributed by atoms with E-state index in [1.807, 2.05) is 21.1 Å². The van der Waals surface area contributed by atoms with E-state index < -0.39 is 13.9 Å². The highest BCUT2D eigenvalue weighted by atomic mass is 31.2. The van der Waals surface area contributed by atoms with E-state index in [1.54, 1.807) is 0 Å². The maximum atomic E-state index is 12.8. The van der Waals surface area contributed by atoms with Gasteiger partial charge in [-0.2, -0.15) is 0 Å². The number of likely N-dealkylation sites (N-methyl/N-ethyl adjacent to an activating group) is 1. The van der Waals surface area contributed by atoms with Gasteiger partial charge in [-0.15, -0.1) is 0 Å². The standard InChI is InChI=1S/C43H88NO7P/c1-7-9-11-13-15-17-19-21-22-24-26-28-30-32-37-48-39-42(40-50-52(46,47)49-38-36-44(4,5)6)51-43(45)35-34-41(3)33-31-29-27-25-23-20-18-16-14-12-10-8-2/h41-42H,7-40H2,1-6H3/t41?,42-/m0/s1. The lowest BCUT2D eigenvalue weighted by Crippen LogP contribution is -2.37. The topological polar surface area (TPSA) is 94.1 Å². The third-order valence-corrected chi connectivity index (χ3v) is 11.0. The Bertz CT molecular complexity index is 822. The number of phosphoric acid groups is 1. The summed E-state index contributed by atoms with van der Waals surface area (Å²) in [6, 6.07) is 0. The molecule has 2 unspecified atom stereocenters. The summed E-state index contributed by atoms with van der Waals surface area (Å²) in [5, 5.41) is 0. The monoisotopic (exact) mass is 762 g/mol. The van der Waals surface area contributed by atoms with Crippen molar-refractivity contribution in [2.75, 3.05) is 54.1 Å². The molecule has 0 saturated carbocycles. The Labute approximate surface area is 323 Å². The lowest BCUT2D eigenvalue weighted by molar-refractivity contribution is -0.870. The van der Waals surface area contributed by atoms with Crippen LogP contribution in [0.4, 0.5) is 0 Å². The molecule has 0 aliphatic heterocycles. The molecule has 0 saturated heterocycles. The number of carbonyl (C=O) groups is 1. The molecule has 8 nitrogen and oxygen atoms in total. The zero-order valence-corrected chi connectivity index (χ0v) is 36.3. The Kier molecular flexibility index (Phi) is 35.8. The van der Waals surface area contributed by atoms with Gasteiger partial charge in [-0.3, -0.25) is 9.36 Å². The first kappa shape index (κ1) is 51.5. The molecule has 0 fully saturated rings. The Morgan fingerprint density at radius 2 is 1.00 bits per heavy atom. The smallest absolute Gasteiger partial charge is 0.306 e. The molecule has 0 heterocycles. The molecule has 0 aromatic rings. The predicted molar refractivity (Wildman–Crippen MR) is 218 cm³/mol. The van der Waals surface area contributed by atoms with Gasteiger partial charge in [-0.1, -0.05) is 188 Å². The number of hydrogen-bond acceptors (Lipinski definition) is 7. The molecule has 0 aliphatic carbocycles. The van der Waals surface area contributed by atoms with Crippen LogP contribution in [0.3, 0.4) is 0 Å². The highest BCUT2D eigenvalue weighted by molar-refractivity contribution is 7.45. The van der Waals surface area contributed by atoms with Crippen LogP contribution in [0, 0.1) is 5.92 Å². The molecule has 0 aliphatic rings. The number of phosphoric ester groups is 1. The fourth-order valence-electron chi connectivity index (χ4n) is 6.45. The SMILES string of the molecule is CCCCCCCCCCCCCCCCOC[C@@H](COP(=O)([O-])OCC[N+](C)(C)C)OC(=O)CCC(C)CCCCCCCCCCCCCC. The fourth-order valence-corrected chi connectivity index (χ4v) is 7.18. The second-order valence-corrected chi connectivity index (χ2v) is 18.1. The van der Waals surface area contributed by atoms with Gasteiger partial charge in [0.25, 0.3) is 7.82 Å². The summed E-state index contributed by atoms with van der Waals surface area (Å²) in [7, 11) is 1.37. The van der Waals surface area contributed by atoms with Crippen LogP contribution in [-0.2, 0) is 27.9 Å². The molecule has 312 valence electrons. The molecule has 0 aromatic carbocycles. The summed E-state index contributed by atoms with van der Waals surface area (Å²) in [4.78, 5) is 25.2. The van der Waals surface area contributed by atoms with Gasteiger partial charge in [-0.05, 0) is 18.8 Å². The van der Waals surface area contributed by atoms with Crippen molar-refractivity contribution < 1.29 is 37.3 Å². The molecule has 0 spiro atoms. The first-order valence-corrected chi connectivity index (χ1v) is 23.6. The normalized spacial score (nSPS) is 14.4. The van der Waals surface area contributed by atoms with Crippen LogP contribution in [0.15, 0.2) is 0 Å². The number of ether oxygens (including phenoxy) is 2. The van der Waals surface area contributed by atoms with Gasteiger partial charge < -0.3 is 27.9 Å².